The number of halogens is 3. The molecular formula is C17H23F3N6O4. The van der Waals surface area contributed by atoms with Gasteiger partial charge in [-0.3, -0.25) is 10.0 Å². The second-order valence-electron chi connectivity index (χ2n) is 9.12. The molecule has 5 unspecified atom stereocenters. The second-order valence-corrected chi connectivity index (χ2v) is 9.12. The molecule has 3 heterocycles. The molecule has 3 aliphatic heterocycles. The molecule has 0 bridgehead atoms. The van der Waals surface area contributed by atoms with Crippen LogP contribution in [0.15, 0.2) is 9.98 Å². The highest BCUT2D eigenvalue weighted by Crippen LogP contribution is 2.74. The first-order valence-electron chi connectivity index (χ1n) is 9.75. The van der Waals surface area contributed by atoms with Crippen molar-refractivity contribution in [2.45, 2.75) is 62.1 Å². The Labute approximate surface area is 169 Å². The van der Waals surface area contributed by atoms with Gasteiger partial charge in [-0.15, -0.1) is 0 Å². The van der Waals surface area contributed by atoms with Crippen molar-refractivity contribution in [3.63, 3.8) is 0 Å². The maximum absolute atomic E-state index is 13.6. The fourth-order valence-electron chi connectivity index (χ4n) is 5.97. The van der Waals surface area contributed by atoms with Crippen molar-refractivity contribution in [1.82, 2.24) is 9.96 Å². The van der Waals surface area contributed by atoms with E-state index in [2.05, 4.69) is 9.98 Å². The average Bonchev–Trinajstić information content (AvgIpc) is 2.98. The zero-order valence-electron chi connectivity index (χ0n) is 16.2. The number of aliphatic hydroxyl groups excluding tert-OH is 1. The van der Waals surface area contributed by atoms with Crippen LogP contribution in [0.4, 0.5) is 13.2 Å². The van der Waals surface area contributed by atoms with Gasteiger partial charge in [-0.25, -0.2) is 9.98 Å². The van der Waals surface area contributed by atoms with Crippen LogP contribution in [0.5, 0.6) is 0 Å². The molecule has 5 atom stereocenters. The summed E-state index contributed by atoms with van der Waals surface area (Å²) in [4.78, 5) is 22.7. The van der Waals surface area contributed by atoms with Gasteiger partial charge in [0.2, 0.25) is 5.96 Å². The molecule has 13 heteroatoms. The summed E-state index contributed by atoms with van der Waals surface area (Å²) < 4.78 is 46.5. The molecule has 5 rings (SSSR count). The topological polar surface area (TPSA) is 150 Å². The number of hydrogen-bond acceptors (Lipinski definition) is 10. The van der Waals surface area contributed by atoms with Crippen LogP contribution in [-0.4, -0.2) is 80.8 Å². The molecule has 0 amide bonds. The number of piperidine rings is 1. The smallest absolute Gasteiger partial charge is 0.404 e. The predicted molar refractivity (Wildman–Crippen MR) is 94.9 cm³/mol. The first-order chi connectivity index (χ1) is 13.9. The molecular weight excluding hydrogens is 409 g/mol. The van der Waals surface area contributed by atoms with Gasteiger partial charge in [-0.1, -0.05) is 13.3 Å². The van der Waals surface area contributed by atoms with Gasteiger partial charge in [0.25, 0.3) is 0 Å². The van der Waals surface area contributed by atoms with Crippen molar-refractivity contribution in [2.75, 3.05) is 13.2 Å². The number of alkyl halides is 3. The SMILES string of the molecule is CC12CC1(OC(=O)C1(C(F)(F)F)CCC1)CN1C(N)=NC(CO)C3N=C(N)N(O)C312. The van der Waals surface area contributed by atoms with Crippen molar-refractivity contribution in [3.8, 4) is 0 Å². The quantitative estimate of drug-likeness (QED) is 0.436. The van der Waals surface area contributed by atoms with Crippen molar-refractivity contribution < 1.29 is 33.0 Å². The van der Waals surface area contributed by atoms with E-state index in [1.54, 1.807) is 6.92 Å². The third-order valence-electron chi connectivity index (χ3n) is 7.94. The van der Waals surface area contributed by atoms with Crippen molar-refractivity contribution in [3.05, 3.63) is 0 Å². The summed E-state index contributed by atoms with van der Waals surface area (Å²) in [5.74, 6) is -1.56. The maximum Gasteiger partial charge on any atom is 0.404 e. The maximum atomic E-state index is 13.6. The normalized spacial score (nSPS) is 43.1. The molecule has 30 heavy (non-hydrogen) atoms. The molecule has 1 saturated heterocycles. The van der Waals surface area contributed by atoms with E-state index in [0.717, 1.165) is 5.06 Å². The summed E-state index contributed by atoms with van der Waals surface area (Å²) in [6.45, 7) is 1.21. The standard InChI is InChI=1S/C17H23F3N6O4/c1-13-6-15(13,30-10(28)14(3-2-4-14)17(18,19)20)7-25-11(21)23-8(5-27)9-16(13,25)26(29)12(22)24-9/h8-9,27,29H,2-7H2,1H3,(H2,21,23)(H2,22,24). The molecule has 10 nitrogen and oxygen atoms in total. The van der Waals surface area contributed by atoms with Crippen LogP contribution >= 0.6 is 0 Å². The highest BCUT2D eigenvalue weighted by Gasteiger charge is 2.90. The number of esters is 1. The van der Waals surface area contributed by atoms with E-state index >= 15 is 0 Å². The number of rotatable bonds is 3. The third-order valence-corrected chi connectivity index (χ3v) is 7.94. The van der Waals surface area contributed by atoms with Gasteiger partial charge in [0, 0.05) is 6.42 Å². The van der Waals surface area contributed by atoms with E-state index in [1.165, 1.54) is 4.90 Å². The Balaban J connectivity index is 1.54. The van der Waals surface area contributed by atoms with Gasteiger partial charge >= 0.3 is 12.1 Å². The van der Waals surface area contributed by atoms with Crippen LogP contribution in [0.25, 0.3) is 0 Å². The van der Waals surface area contributed by atoms with Gasteiger partial charge in [0.15, 0.2) is 17.0 Å². The van der Waals surface area contributed by atoms with Gasteiger partial charge in [0.1, 0.15) is 17.7 Å². The molecule has 5 aliphatic rings. The Kier molecular flexibility index (Phi) is 3.48. The summed E-state index contributed by atoms with van der Waals surface area (Å²) >= 11 is 0. The zero-order valence-corrected chi connectivity index (χ0v) is 16.2. The van der Waals surface area contributed by atoms with Crippen LogP contribution in [0, 0.1) is 10.8 Å². The van der Waals surface area contributed by atoms with Crippen molar-refractivity contribution in [2.24, 2.45) is 32.3 Å². The number of nitrogens with zero attached hydrogens (tertiary/aromatic N) is 4. The van der Waals surface area contributed by atoms with Crippen LogP contribution in [-0.2, 0) is 9.53 Å². The predicted octanol–water partition coefficient (Wildman–Crippen LogP) is -0.500. The van der Waals surface area contributed by atoms with Crippen LogP contribution in [0.1, 0.15) is 32.6 Å². The number of aliphatic hydroxyl groups is 1. The summed E-state index contributed by atoms with van der Waals surface area (Å²) in [6, 6.07) is -1.65. The summed E-state index contributed by atoms with van der Waals surface area (Å²) in [5.41, 5.74) is 5.68. The van der Waals surface area contributed by atoms with Crippen LogP contribution < -0.4 is 11.5 Å². The summed E-state index contributed by atoms with van der Waals surface area (Å²) in [6.07, 6.45) is -4.83. The number of aliphatic imine (C=N–C) groups is 2. The van der Waals surface area contributed by atoms with Gasteiger partial charge in [-0.2, -0.15) is 18.2 Å². The molecule has 0 aromatic rings. The molecule has 2 saturated carbocycles. The van der Waals surface area contributed by atoms with E-state index in [4.69, 9.17) is 16.2 Å². The lowest BCUT2D eigenvalue weighted by Crippen LogP contribution is -2.72. The number of ether oxygens (including phenoxy) is 1. The number of hydrogen-bond donors (Lipinski definition) is 4. The van der Waals surface area contributed by atoms with E-state index in [0.29, 0.717) is 6.42 Å². The van der Waals surface area contributed by atoms with Crippen LogP contribution in [0.3, 0.4) is 0 Å². The van der Waals surface area contributed by atoms with Gasteiger partial charge in [-0.05, 0) is 12.8 Å². The van der Waals surface area contributed by atoms with Gasteiger partial charge in [0.05, 0.1) is 18.6 Å². The molecule has 0 aromatic carbocycles. The fourth-order valence-corrected chi connectivity index (χ4v) is 5.97. The Morgan fingerprint density at radius 2 is 1.97 bits per heavy atom. The van der Waals surface area contributed by atoms with E-state index < -0.39 is 52.9 Å². The fraction of sp³-hybridized carbons (Fsp3) is 0.824. The first kappa shape index (κ1) is 19.7. The minimum Gasteiger partial charge on any atom is -0.456 e. The van der Waals surface area contributed by atoms with E-state index in [-0.39, 0.29) is 37.7 Å². The molecule has 1 spiro atoms. The molecule has 0 aromatic heterocycles. The lowest BCUT2D eigenvalue weighted by Gasteiger charge is -2.50. The Bertz CT molecular complexity index is 891. The van der Waals surface area contributed by atoms with E-state index in [1.807, 2.05) is 0 Å². The summed E-state index contributed by atoms with van der Waals surface area (Å²) in [7, 11) is 0. The molecule has 0 radical (unpaired) electrons. The minimum absolute atomic E-state index is 0.0349. The number of carbonyl (C=O) groups is 1. The number of guanidine groups is 2. The van der Waals surface area contributed by atoms with E-state index in [9.17, 15) is 28.3 Å². The molecule has 2 aliphatic carbocycles. The Hall–Kier alpha value is -2.28. The Morgan fingerprint density at radius 1 is 1.30 bits per heavy atom. The van der Waals surface area contributed by atoms with Gasteiger partial charge < -0.3 is 26.2 Å². The first-order valence-corrected chi connectivity index (χ1v) is 9.75. The number of carbonyl (C=O) groups excluding carboxylic acids is 1. The number of hydroxylamine groups is 2. The largest absolute Gasteiger partial charge is 0.456 e. The van der Waals surface area contributed by atoms with Crippen molar-refractivity contribution in [1.29, 1.82) is 0 Å². The summed E-state index contributed by atoms with van der Waals surface area (Å²) in [5, 5.41) is 21.4. The highest BCUT2D eigenvalue weighted by atomic mass is 19.4. The third kappa shape index (κ3) is 1.83. The lowest BCUT2D eigenvalue weighted by atomic mass is 9.68. The minimum atomic E-state index is -4.71. The second kappa shape index (κ2) is 5.31. The molecule has 6 N–H and O–H groups in total. The average molecular weight is 432 g/mol. The molecule has 166 valence electrons. The Morgan fingerprint density at radius 3 is 2.50 bits per heavy atom. The zero-order chi connectivity index (χ0) is 21.9. The van der Waals surface area contributed by atoms with Crippen molar-refractivity contribution >= 4 is 17.9 Å². The number of fused-ring (bicyclic) bond motifs is 1. The highest BCUT2D eigenvalue weighted by molar-refractivity contribution is 5.88. The monoisotopic (exact) mass is 432 g/mol. The lowest BCUT2D eigenvalue weighted by molar-refractivity contribution is -0.258. The van der Waals surface area contributed by atoms with Crippen LogP contribution in [0.2, 0.25) is 0 Å². The molecule has 3 fully saturated rings. The number of nitrogens with two attached hydrogens (primary N) is 2.